The third-order valence-electron chi connectivity index (χ3n) is 9.01. The smallest absolute Gasteiger partial charge is 0.294 e. The average molecular weight is 480 g/mol. The summed E-state index contributed by atoms with van der Waals surface area (Å²) in [4.78, 5) is 23.7. The van der Waals surface area contributed by atoms with Crippen LogP contribution in [0.15, 0.2) is 29.1 Å². The predicted molar refractivity (Wildman–Crippen MR) is 145 cm³/mol. The summed E-state index contributed by atoms with van der Waals surface area (Å²) in [6, 6.07) is 9.57. The lowest BCUT2D eigenvalue weighted by atomic mass is 9.91. The van der Waals surface area contributed by atoms with Gasteiger partial charge in [-0.15, -0.1) is 0 Å². The highest BCUT2D eigenvalue weighted by atomic mass is 16.1. The van der Waals surface area contributed by atoms with Crippen LogP contribution >= 0.6 is 0 Å². The van der Waals surface area contributed by atoms with Gasteiger partial charge in [-0.2, -0.15) is 0 Å². The molecule has 6 nitrogen and oxygen atoms in total. The number of aromatic nitrogens is 2. The first kappa shape index (κ1) is 24.8. The summed E-state index contributed by atoms with van der Waals surface area (Å²) in [6.45, 7) is 8.65. The van der Waals surface area contributed by atoms with Crippen LogP contribution in [0, 0.1) is 0 Å². The van der Waals surface area contributed by atoms with Crippen LogP contribution in [0.2, 0.25) is 0 Å². The number of hydrogen-bond donors (Lipinski definition) is 1. The Hall–Kier alpha value is -1.92. The van der Waals surface area contributed by atoms with Crippen LogP contribution in [-0.4, -0.2) is 51.2 Å². The van der Waals surface area contributed by atoms with E-state index in [2.05, 4.69) is 36.6 Å². The third kappa shape index (κ3) is 5.01. The minimum absolute atomic E-state index is 0.0417. The fourth-order valence-electron chi connectivity index (χ4n) is 7.28. The summed E-state index contributed by atoms with van der Waals surface area (Å²) in [7, 11) is 0. The number of para-hydroxylation sites is 2. The van der Waals surface area contributed by atoms with E-state index < -0.39 is 0 Å². The van der Waals surface area contributed by atoms with Crippen molar-refractivity contribution in [2.24, 2.45) is 5.73 Å². The van der Waals surface area contributed by atoms with Gasteiger partial charge in [-0.3, -0.25) is 9.69 Å². The summed E-state index contributed by atoms with van der Waals surface area (Å²) in [6.07, 6.45) is 13.9. The fraction of sp³-hybridized carbons (Fsp3) is 0.724. The summed E-state index contributed by atoms with van der Waals surface area (Å²) < 4.78 is 2.04. The van der Waals surface area contributed by atoms with Gasteiger partial charge in [-0.25, -0.2) is 4.98 Å². The highest BCUT2D eigenvalue weighted by Gasteiger charge is 2.43. The van der Waals surface area contributed by atoms with Crippen molar-refractivity contribution in [1.29, 1.82) is 0 Å². The number of anilines is 1. The maximum atomic E-state index is 13.9. The first-order valence-corrected chi connectivity index (χ1v) is 14.2. The zero-order valence-electron chi connectivity index (χ0n) is 22.1. The molecule has 0 amide bonds. The molecule has 3 fully saturated rings. The molecule has 1 aromatic carbocycles. The zero-order valence-corrected chi connectivity index (χ0v) is 22.1. The normalized spacial score (nSPS) is 27.3. The SMILES string of the molecule is C[C@@H](C[C@@H]1CCC(C)(C)N1C1CCCCCCC1)n1c(=O)c(N2CC[C@@H](N)C2)nc2ccccc21. The molecule has 35 heavy (non-hydrogen) atoms. The number of rotatable bonds is 5. The molecule has 0 radical (unpaired) electrons. The second-order valence-electron chi connectivity index (χ2n) is 12.1. The number of benzene rings is 1. The van der Waals surface area contributed by atoms with Gasteiger partial charge in [-0.1, -0.05) is 44.2 Å². The maximum absolute atomic E-state index is 13.9. The fourth-order valence-corrected chi connectivity index (χ4v) is 7.28. The first-order valence-electron chi connectivity index (χ1n) is 14.2. The molecule has 0 unspecified atom stereocenters. The van der Waals surface area contributed by atoms with Crippen molar-refractivity contribution in [1.82, 2.24) is 14.5 Å². The van der Waals surface area contributed by atoms with E-state index >= 15 is 0 Å². The third-order valence-corrected chi connectivity index (χ3v) is 9.01. The number of likely N-dealkylation sites (tertiary alicyclic amines) is 1. The average Bonchev–Trinajstić information content (AvgIpc) is 3.36. The Morgan fingerprint density at radius 2 is 1.77 bits per heavy atom. The summed E-state index contributed by atoms with van der Waals surface area (Å²) in [5, 5.41) is 0. The summed E-state index contributed by atoms with van der Waals surface area (Å²) >= 11 is 0. The second-order valence-corrected chi connectivity index (χ2v) is 12.1. The van der Waals surface area contributed by atoms with Crippen LogP contribution in [0.3, 0.4) is 0 Å². The number of nitrogens with two attached hydrogens (primary N) is 1. The van der Waals surface area contributed by atoms with Gasteiger partial charge < -0.3 is 15.2 Å². The molecule has 2 N–H and O–H groups in total. The van der Waals surface area contributed by atoms with E-state index in [-0.39, 0.29) is 23.2 Å². The van der Waals surface area contributed by atoms with E-state index in [1.165, 1.54) is 57.8 Å². The highest BCUT2D eigenvalue weighted by molar-refractivity contribution is 5.76. The first-order chi connectivity index (χ1) is 16.8. The minimum Gasteiger partial charge on any atom is -0.350 e. The van der Waals surface area contributed by atoms with E-state index in [0.717, 1.165) is 30.4 Å². The molecule has 2 aliphatic heterocycles. The van der Waals surface area contributed by atoms with Crippen LogP contribution in [-0.2, 0) is 0 Å². The molecule has 3 aliphatic rings. The van der Waals surface area contributed by atoms with Gasteiger partial charge in [0.2, 0.25) is 0 Å². The maximum Gasteiger partial charge on any atom is 0.294 e. The van der Waals surface area contributed by atoms with Crippen molar-refractivity contribution in [3.8, 4) is 0 Å². The second kappa shape index (κ2) is 10.2. The van der Waals surface area contributed by atoms with Gasteiger partial charge in [0.25, 0.3) is 5.56 Å². The largest absolute Gasteiger partial charge is 0.350 e. The Labute approximate surface area is 210 Å². The van der Waals surface area contributed by atoms with E-state index in [0.29, 0.717) is 24.4 Å². The van der Waals surface area contributed by atoms with Crippen molar-refractivity contribution >= 4 is 16.9 Å². The van der Waals surface area contributed by atoms with Gasteiger partial charge in [0, 0.05) is 42.8 Å². The van der Waals surface area contributed by atoms with E-state index in [1.54, 1.807) is 0 Å². The standard InChI is InChI=1S/C29H45N5O/c1-21(19-24-15-17-29(2,3)34(24)23-11-7-5-4-6-8-12-23)33-26-14-10-9-13-25(26)31-27(28(33)35)32-18-16-22(30)20-32/h9-10,13-14,21-24H,4-8,11-12,15-20,30H2,1-3H3/t21-,22+,24-/m0/s1. The Morgan fingerprint density at radius 3 is 2.49 bits per heavy atom. The Bertz CT molecular complexity index is 1070. The lowest BCUT2D eigenvalue weighted by molar-refractivity contribution is 0.0501. The predicted octanol–water partition coefficient (Wildman–Crippen LogP) is 5.24. The Kier molecular flexibility index (Phi) is 7.23. The van der Waals surface area contributed by atoms with E-state index in [1.807, 2.05) is 22.8 Å². The Balaban J connectivity index is 1.46. The van der Waals surface area contributed by atoms with Crippen molar-refractivity contribution in [2.45, 2.75) is 121 Å². The highest BCUT2D eigenvalue weighted by Crippen LogP contribution is 2.41. The minimum atomic E-state index is 0.0417. The molecule has 3 heterocycles. The van der Waals surface area contributed by atoms with Gasteiger partial charge in [-0.05, 0) is 71.4 Å². The number of hydrogen-bond acceptors (Lipinski definition) is 5. The molecule has 0 spiro atoms. The van der Waals surface area contributed by atoms with Gasteiger partial charge >= 0.3 is 0 Å². The molecule has 5 rings (SSSR count). The van der Waals surface area contributed by atoms with Crippen LogP contribution < -0.4 is 16.2 Å². The molecule has 1 aliphatic carbocycles. The molecule has 1 saturated carbocycles. The molecular weight excluding hydrogens is 434 g/mol. The van der Waals surface area contributed by atoms with Gasteiger partial charge in [0.05, 0.1) is 11.0 Å². The van der Waals surface area contributed by atoms with Crippen LogP contribution in [0.5, 0.6) is 0 Å². The van der Waals surface area contributed by atoms with Crippen molar-refractivity contribution < 1.29 is 0 Å². The van der Waals surface area contributed by atoms with Crippen LogP contribution in [0.1, 0.15) is 97.4 Å². The van der Waals surface area contributed by atoms with E-state index in [4.69, 9.17) is 10.7 Å². The lowest BCUT2D eigenvalue weighted by Crippen LogP contribution is -2.50. The zero-order chi connectivity index (χ0) is 24.6. The topological polar surface area (TPSA) is 67.4 Å². The van der Waals surface area contributed by atoms with Gasteiger partial charge in [0.1, 0.15) is 0 Å². The molecule has 192 valence electrons. The number of nitrogens with zero attached hydrogens (tertiary/aromatic N) is 4. The molecule has 0 bridgehead atoms. The van der Waals surface area contributed by atoms with Crippen molar-refractivity contribution in [3.63, 3.8) is 0 Å². The van der Waals surface area contributed by atoms with Crippen molar-refractivity contribution in [2.75, 3.05) is 18.0 Å². The molecule has 3 atom stereocenters. The quantitative estimate of drug-likeness (QED) is 0.635. The van der Waals surface area contributed by atoms with Crippen LogP contribution in [0.25, 0.3) is 11.0 Å². The van der Waals surface area contributed by atoms with Crippen molar-refractivity contribution in [3.05, 3.63) is 34.6 Å². The molecule has 2 aromatic rings. The molecule has 1 aromatic heterocycles. The Morgan fingerprint density at radius 1 is 1.06 bits per heavy atom. The van der Waals surface area contributed by atoms with E-state index in [9.17, 15) is 4.79 Å². The molecular formula is C29H45N5O. The van der Waals surface area contributed by atoms with Crippen LogP contribution in [0.4, 0.5) is 5.82 Å². The molecule has 6 heteroatoms. The monoisotopic (exact) mass is 479 g/mol. The number of fused-ring (bicyclic) bond motifs is 1. The summed E-state index contributed by atoms with van der Waals surface area (Å²) in [5.74, 6) is 0.576. The summed E-state index contributed by atoms with van der Waals surface area (Å²) in [5.41, 5.74) is 8.31. The molecule has 2 saturated heterocycles. The lowest BCUT2D eigenvalue weighted by Gasteiger charge is -2.43. The van der Waals surface area contributed by atoms with Gasteiger partial charge in [0.15, 0.2) is 5.82 Å².